The minimum atomic E-state index is -1.31. The molecule has 0 aromatic heterocycles. The molecule has 0 aliphatic heterocycles. The van der Waals surface area contributed by atoms with Crippen LogP contribution in [0.1, 0.15) is 52.4 Å². The number of hydrogen-bond acceptors (Lipinski definition) is 0. The Kier molecular flexibility index (Phi) is 6.74. The molecule has 0 atom stereocenters. The molecule has 0 N–H and O–H groups in total. The van der Waals surface area contributed by atoms with Crippen molar-refractivity contribution < 1.29 is 17.1 Å². The summed E-state index contributed by atoms with van der Waals surface area (Å²) in [5, 5.41) is 0. The molecule has 2 rings (SSSR count). The number of unbranched alkanes of at least 4 members (excludes halogenated alkanes) is 2. The SMILES string of the molecule is CCCC[C]1([Ti]([SiH](C)C)[C]2(CCCC)C=CC=C2)C=CC=C1. The van der Waals surface area contributed by atoms with E-state index in [1.807, 2.05) is 0 Å². The molecule has 0 saturated carbocycles. The maximum atomic E-state index is 2.64. The summed E-state index contributed by atoms with van der Waals surface area (Å²) in [6.07, 6.45) is 28.0. The third-order valence-electron chi connectivity index (χ3n) is 5.27. The molecule has 0 radical (unpaired) electrons. The molecule has 0 nitrogen and oxygen atoms in total. The molecule has 0 heterocycles. The molecule has 0 aromatic rings. The predicted molar refractivity (Wildman–Crippen MR) is 99.9 cm³/mol. The summed E-state index contributed by atoms with van der Waals surface area (Å²) in [4.78, 5) is 0. The van der Waals surface area contributed by atoms with Crippen LogP contribution in [0.25, 0.3) is 0 Å². The van der Waals surface area contributed by atoms with Gasteiger partial charge in [0.05, 0.1) is 0 Å². The molecule has 2 aliphatic carbocycles. The van der Waals surface area contributed by atoms with Gasteiger partial charge in [0.15, 0.2) is 0 Å². The first-order valence-electron chi connectivity index (χ1n) is 9.22. The second kappa shape index (κ2) is 8.13. The standard InChI is InChI=1S/2C9H13.C2H7Si.Ti/c2*1-2-3-6-9-7-4-5-8-9;1-3-2;/h2*4-5,7-8H,2-3,6H2,1H3;3H,1-2H3;. The van der Waals surface area contributed by atoms with Gasteiger partial charge in [-0.15, -0.1) is 0 Å². The summed E-state index contributed by atoms with van der Waals surface area (Å²) >= 11 is -1.31. The summed E-state index contributed by atoms with van der Waals surface area (Å²) in [5.41, 5.74) is 0. The predicted octanol–water partition coefficient (Wildman–Crippen LogP) is 6.54. The van der Waals surface area contributed by atoms with Crippen molar-refractivity contribution in [2.45, 2.75) is 72.9 Å². The molecular weight excluding hydrogens is 316 g/mol. The fourth-order valence-electron chi connectivity index (χ4n) is 4.43. The molecular formula is C20H33SiTi. The van der Waals surface area contributed by atoms with Crippen LogP contribution in [-0.4, -0.2) is 6.66 Å². The Morgan fingerprint density at radius 2 is 1.09 bits per heavy atom. The number of allylic oxidation sites excluding steroid dienone is 8. The van der Waals surface area contributed by atoms with Gasteiger partial charge < -0.3 is 0 Å². The molecule has 0 saturated heterocycles. The summed E-state index contributed by atoms with van der Waals surface area (Å²) in [5.74, 6) is 0. The molecule has 0 fully saturated rings. The summed E-state index contributed by atoms with van der Waals surface area (Å²) in [6.45, 7) is 9.30. The van der Waals surface area contributed by atoms with Crippen LogP contribution in [0.5, 0.6) is 0 Å². The third kappa shape index (κ3) is 3.68. The normalized spacial score (nSPS) is 20.4. The van der Waals surface area contributed by atoms with Crippen molar-refractivity contribution in [3.63, 3.8) is 0 Å². The van der Waals surface area contributed by atoms with Crippen molar-refractivity contribution in [1.29, 1.82) is 0 Å². The van der Waals surface area contributed by atoms with E-state index in [-0.39, 0.29) is 0 Å². The van der Waals surface area contributed by atoms with Crippen LogP contribution in [0.4, 0.5) is 0 Å². The van der Waals surface area contributed by atoms with Gasteiger partial charge in [0, 0.05) is 0 Å². The van der Waals surface area contributed by atoms with Crippen molar-refractivity contribution in [2.24, 2.45) is 0 Å². The van der Waals surface area contributed by atoms with Gasteiger partial charge in [-0.05, 0) is 0 Å². The second-order valence-corrected chi connectivity index (χ2v) is 21.6. The van der Waals surface area contributed by atoms with Crippen LogP contribution in [0.3, 0.4) is 0 Å². The van der Waals surface area contributed by atoms with Gasteiger partial charge in [-0.25, -0.2) is 0 Å². The molecule has 2 aliphatic rings. The number of hydrogen-bond donors (Lipinski definition) is 0. The van der Waals surface area contributed by atoms with Crippen LogP contribution in [0.15, 0.2) is 48.6 Å². The first-order chi connectivity index (χ1) is 10.6. The van der Waals surface area contributed by atoms with E-state index in [0.29, 0.717) is 7.44 Å². The Balaban J connectivity index is 2.38. The maximum absolute atomic E-state index is 2.64. The van der Waals surface area contributed by atoms with Gasteiger partial charge in [0.1, 0.15) is 0 Å². The molecule has 0 spiro atoms. The van der Waals surface area contributed by atoms with Crippen LogP contribution >= 0.6 is 0 Å². The summed E-state index contributed by atoms with van der Waals surface area (Å²) < 4.78 is 0.951. The Hall–Kier alpha value is -0.109. The van der Waals surface area contributed by atoms with Crippen LogP contribution in [0, 0.1) is 0 Å². The van der Waals surface area contributed by atoms with E-state index in [1.165, 1.54) is 38.5 Å². The Morgan fingerprint density at radius 3 is 1.36 bits per heavy atom. The Labute approximate surface area is 145 Å². The van der Waals surface area contributed by atoms with E-state index >= 15 is 0 Å². The zero-order chi connectivity index (χ0) is 16.1. The fourth-order valence-corrected chi connectivity index (χ4v) is 23.9. The second-order valence-electron chi connectivity index (χ2n) is 7.29. The van der Waals surface area contributed by atoms with Gasteiger partial charge in [0.25, 0.3) is 0 Å². The van der Waals surface area contributed by atoms with Gasteiger partial charge in [-0.3, -0.25) is 0 Å². The molecule has 0 amide bonds. The first kappa shape index (κ1) is 18.2. The monoisotopic (exact) mass is 349 g/mol. The Bertz CT molecular complexity index is 406. The van der Waals surface area contributed by atoms with Gasteiger partial charge >= 0.3 is 145 Å². The quantitative estimate of drug-likeness (QED) is 0.415. The molecule has 2 heteroatoms. The van der Waals surface area contributed by atoms with Crippen molar-refractivity contribution in [3.8, 4) is 0 Å². The van der Waals surface area contributed by atoms with E-state index in [2.05, 4.69) is 75.5 Å². The van der Waals surface area contributed by atoms with Crippen LogP contribution in [0.2, 0.25) is 20.5 Å². The molecule has 22 heavy (non-hydrogen) atoms. The third-order valence-corrected chi connectivity index (χ3v) is 21.2. The average Bonchev–Trinajstić information content (AvgIpc) is 3.14. The van der Waals surface area contributed by atoms with Crippen molar-refractivity contribution >= 4 is 6.66 Å². The van der Waals surface area contributed by atoms with Gasteiger partial charge in [-0.2, -0.15) is 0 Å². The topological polar surface area (TPSA) is 0 Å². The fraction of sp³-hybridized carbons (Fsp3) is 0.600. The minimum absolute atomic E-state index is 0.475. The van der Waals surface area contributed by atoms with Crippen molar-refractivity contribution in [1.82, 2.24) is 0 Å². The first-order valence-corrected chi connectivity index (χ1v) is 16.4. The molecule has 0 unspecified atom stereocenters. The van der Waals surface area contributed by atoms with Crippen molar-refractivity contribution in [2.75, 3.05) is 0 Å². The molecule has 121 valence electrons. The van der Waals surface area contributed by atoms with E-state index in [1.54, 1.807) is 0 Å². The van der Waals surface area contributed by atoms with Crippen molar-refractivity contribution in [3.05, 3.63) is 48.6 Å². The van der Waals surface area contributed by atoms with E-state index in [0.717, 1.165) is 0 Å². The number of rotatable bonds is 9. The molecule has 0 aromatic carbocycles. The average molecular weight is 349 g/mol. The van der Waals surface area contributed by atoms with Gasteiger partial charge in [-0.1, -0.05) is 0 Å². The van der Waals surface area contributed by atoms with E-state index < -0.39 is 23.8 Å². The Morgan fingerprint density at radius 1 is 0.727 bits per heavy atom. The summed E-state index contributed by atoms with van der Waals surface area (Å²) in [7, 11) is 0. The van der Waals surface area contributed by atoms with E-state index in [9.17, 15) is 0 Å². The van der Waals surface area contributed by atoms with Crippen LogP contribution in [-0.2, 0) is 17.1 Å². The van der Waals surface area contributed by atoms with E-state index in [4.69, 9.17) is 0 Å². The zero-order valence-corrected chi connectivity index (χ0v) is 17.7. The summed E-state index contributed by atoms with van der Waals surface area (Å²) in [6, 6.07) is 0. The van der Waals surface area contributed by atoms with Crippen LogP contribution < -0.4 is 0 Å². The van der Waals surface area contributed by atoms with Gasteiger partial charge in [0.2, 0.25) is 0 Å². The molecule has 0 bridgehead atoms. The zero-order valence-electron chi connectivity index (χ0n) is 14.9.